The summed E-state index contributed by atoms with van der Waals surface area (Å²) in [4.78, 5) is 15.5. The molecule has 0 N–H and O–H groups in total. The molecule has 1 amide bonds. The molecule has 2 fully saturated rings. The summed E-state index contributed by atoms with van der Waals surface area (Å²) in [5.74, 6) is 3.12. The molecular weight excluding hydrogens is 314 g/mol. The van der Waals surface area contributed by atoms with Crippen molar-refractivity contribution in [1.29, 1.82) is 0 Å². The lowest BCUT2D eigenvalue weighted by Crippen LogP contribution is -2.42. The first kappa shape index (κ1) is 16.7. The van der Waals surface area contributed by atoms with Crippen molar-refractivity contribution in [1.82, 2.24) is 4.90 Å². The van der Waals surface area contributed by atoms with Crippen LogP contribution in [0.5, 0.6) is 11.5 Å². The predicted octanol–water partition coefficient (Wildman–Crippen LogP) is 3.99. The number of likely N-dealkylation sites (tertiary alicyclic amines) is 1. The van der Waals surface area contributed by atoms with Crippen molar-refractivity contribution in [3.8, 4) is 11.5 Å². The third-order valence-corrected chi connectivity index (χ3v) is 6.16. The second kappa shape index (κ2) is 7.27. The highest BCUT2D eigenvalue weighted by Gasteiger charge is 2.36. The molecule has 1 aromatic carbocycles. The van der Waals surface area contributed by atoms with Gasteiger partial charge >= 0.3 is 0 Å². The molecule has 2 heterocycles. The Morgan fingerprint density at radius 2 is 1.72 bits per heavy atom. The maximum Gasteiger partial charge on any atom is 0.230 e. The molecule has 136 valence electrons. The van der Waals surface area contributed by atoms with Crippen LogP contribution < -0.4 is 9.47 Å². The lowest BCUT2D eigenvalue weighted by atomic mass is 9.83. The van der Waals surface area contributed by atoms with Crippen LogP contribution in [0.15, 0.2) is 18.2 Å². The number of piperidine rings is 1. The zero-order chi connectivity index (χ0) is 17.2. The van der Waals surface area contributed by atoms with E-state index in [2.05, 4.69) is 24.0 Å². The Balaban J connectivity index is 1.60. The fourth-order valence-corrected chi connectivity index (χ4v) is 4.59. The normalized spacial score (nSPS) is 22.8. The van der Waals surface area contributed by atoms with E-state index in [1.165, 1.54) is 12.8 Å². The summed E-state index contributed by atoms with van der Waals surface area (Å²) in [6.07, 6.45) is 7.07. The van der Waals surface area contributed by atoms with Crippen LogP contribution in [0.25, 0.3) is 0 Å². The van der Waals surface area contributed by atoms with Crippen LogP contribution in [0.3, 0.4) is 0 Å². The fourth-order valence-electron chi connectivity index (χ4n) is 4.59. The van der Waals surface area contributed by atoms with Crippen molar-refractivity contribution < 1.29 is 14.3 Å². The molecule has 0 spiro atoms. The summed E-state index contributed by atoms with van der Waals surface area (Å²) in [5, 5.41) is 0. The molecule has 0 radical (unpaired) electrons. The van der Waals surface area contributed by atoms with Gasteiger partial charge in [0.1, 0.15) is 13.2 Å². The van der Waals surface area contributed by atoms with Crippen molar-refractivity contribution in [2.24, 2.45) is 11.8 Å². The zero-order valence-corrected chi connectivity index (χ0v) is 15.2. The largest absolute Gasteiger partial charge is 0.486 e. The van der Waals surface area contributed by atoms with Gasteiger partial charge in [-0.25, -0.2) is 0 Å². The molecule has 1 unspecified atom stereocenters. The van der Waals surface area contributed by atoms with Crippen molar-refractivity contribution in [2.45, 2.75) is 51.4 Å². The maximum atomic E-state index is 13.4. The van der Waals surface area contributed by atoms with E-state index in [0.29, 0.717) is 25.0 Å². The molecule has 1 aliphatic carbocycles. The van der Waals surface area contributed by atoms with Crippen molar-refractivity contribution >= 4 is 5.91 Å². The first-order valence-corrected chi connectivity index (χ1v) is 9.90. The molecule has 4 heteroatoms. The molecule has 2 aliphatic heterocycles. The Hall–Kier alpha value is -1.71. The van der Waals surface area contributed by atoms with E-state index in [4.69, 9.17) is 9.47 Å². The van der Waals surface area contributed by atoms with Crippen LogP contribution in [0.1, 0.15) is 56.9 Å². The monoisotopic (exact) mass is 343 g/mol. The summed E-state index contributed by atoms with van der Waals surface area (Å²) < 4.78 is 11.4. The molecule has 25 heavy (non-hydrogen) atoms. The Kier molecular flexibility index (Phi) is 4.87. The smallest absolute Gasteiger partial charge is 0.230 e. The quantitative estimate of drug-likeness (QED) is 0.833. The van der Waals surface area contributed by atoms with Gasteiger partial charge in [0.15, 0.2) is 11.5 Å². The van der Waals surface area contributed by atoms with Gasteiger partial charge in [-0.2, -0.15) is 0 Å². The first-order valence-electron chi connectivity index (χ1n) is 9.90. The Bertz CT molecular complexity index is 616. The van der Waals surface area contributed by atoms with Crippen LogP contribution in [0.4, 0.5) is 0 Å². The van der Waals surface area contributed by atoms with Crippen LogP contribution >= 0.6 is 0 Å². The number of fused-ring (bicyclic) bond motifs is 1. The van der Waals surface area contributed by atoms with E-state index >= 15 is 0 Å². The summed E-state index contributed by atoms with van der Waals surface area (Å²) in [6, 6.07) is 6.13. The highest BCUT2D eigenvalue weighted by molar-refractivity contribution is 5.84. The third kappa shape index (κ3) is 3.49. The fraction of sp³-hybridized carbons (Fsp3) is 0.667. The van der Waals surface area contributed by atoms with Gasteiger partial charge in [-0.3, -0.25) is 4.79 Å². The summed E-state index contributed by atoms with van der Waals surface area (Å²) >= 11 is 0. The minimum absolute atomic E-state index is 0.0215. The van der Waals surface area contributed by atoms with Gasteiger partial charge in [-0.1, -0.05) is 25.8 Å². The topological polar surface area (TPSA) is 38.8 Å². The van der Waals surface area contributed by atoms with Crippen LogP contribution in [0, 0.1) is 11.8 Å². The summed E-state index contributed by atoms with van der Waals surface area (Å²) in [6.45, 7) is 5.30. The minimum Gasteiger partial charge on any atom is -0.486 e. The molecule has 4 nitrogen and oxygen atoms in total. The van der Waals surface area contributed by atoms with Gasteiger partial charge in [0.25, 0.3) is 0 Å². The van der Waals surface area contributed by atoms with E-state index in [1.54, 1.807) is 0 Å². The Morgan fingerprint density at radius 1 is 1.04 bits per heavy atom. The second-order valence-corrected chi connectivity index (χ2v) is 7.93. The number of ether oxygens (including phenoxy) is 2. The molecule has 3 aliphatic rings. The predicted molar refractivity (Wildman–Crippen MR) is 97.1 cm³/mol. The number of benzene rings is 1. The number of hydrogen-bond donors (Lipinski definition) is 0. The Labute approximate surface area is 150 Å². The van der Waals surface area contributed by atoms with Crippen molar-refractivity contribution in [3.05, 3.63) is 23.8 Å². The average molecular weight is 343 g/mol. The second-order valence-electron chi connectivity index (χ2n) is 7.93. The number of carbonyl (C=O) groups excluding carboxylic acids is 1. The first-order chi connectivity index (χ1) is 12.2. The lowest BCUT2D eigenvalue weighted by molar-refractivity contribution is -0.135. The SMILES string of the molecule is CC1CCN(C(=O)C(c2ccc3c(c2)OCCO3)C2CCCC2)CC1. The van der Waals surface area contributed by atoms with E-state index in [0.717, 1.165) is 61.8 Å². The third-order valence-electron chi connectivity index (χ3n) is 6.16. The molecule has 1 saturated carbocycles. The van der Waals surface area contributed by atoms with E-state index < -0.39 is 0 Å². The van der Waals surface area contributed by atoms with E-state index in [1.807, 2.05) is 6.07 Å². The van der Waals surface area contributed by atoms with Gasteiger partial charge in [-0.05, 0) is 55.2 Å². The van der Waals surface area contributed by atoms with E-state index in [-0.39, 0.29) is 5.92 Å². The van der Waals surface area contributed by atoms with Gasteiger partial charge in [-0.15, -0.1) is 0 Å². The number of hydrogen-bond acceptors (Lipinski definition) is 3. The number of nitrogens with zero attached hydrogens (tertiary/aromatic N) is 1. The van der Waals surface area contributed by atoms with Gasteiger partial charge < -0.3 is 14.4 Å². The average Bonchev–Trinajstić information content (AvgIpc) is 3.16. The minimum atomic E-state index is -0.0215. The van der Waals surface area contributed by atoms with E-state index in [9.17, 15) is 4.79 Å². The van der Waals surface area contributed by atoms with Gasteiger partial charge in [0, 0.05) is 13.1 Å². The maximum absolute atomic E-state index is 13.4. The van der Waals surface area contributed by atoms with Crippen LogP contribution in [-0.2, 0) is 4.79 Å². The van der Waals surface area contributed by atoms with Crippen molar-refractivity contribution in [2.75, 3.05) is 26.3 Å². The van der Waals surface area contributed by atoms with Gasteiger partial charge in [0.05, 0.1) is 5.92 Å². The number of rotatable bonds is 3. The number of carbonyl (C=O) groups is 1. The van der Waals surface area contributed by atoms with Crippen molar-refractivity contribution in [3.63, 3.8) is 0 Å². The summed E-state index contributed by atoms with van der Waals surface area (Å²) in [5.41, 5.74) is 1.11. The Morgan fingerprint density at radius 3 is 2.44 bits per heavy atom. The molecule has 4 rings (SSSR count). The lowest BCUT2D eigenvalue weighted by Gasteiger charge is -2.35. The molecule has 1 aromatic rings. The molecule has 1 atom stereocenters. The molecule has 0 aromatic heterocycles. The highest BCUT2D eigenvalue weighted by atomic mass is 16.6. The van der Waals surface area contributed by atoms with Crippen LogP contribution in [-0.4, -0.2) is 37.1 Å². The molecular formula is C21H29NO3. The standard InChI is InChI=1S/C21H29NO3/c1-15-8-10-22(11-9-15)21(23)20(16-4-2-3-5-16)17-6-7-18-19(14-17)25-13-12-24-18/h6-7,14-16,20H,2-5,8-13H2,1H3. The summed E-state index contributed by atoms with van der Waals surface area (Å²) in [7, 11) is 0. The van der Waals surface area contributed by atoms with Crippen LogP contribution in [0.2, 0.25) is 0 Å². The molecule has 1 saturated heterocycles. The van der Waals surface area contributed by atoms with Gasteiger partial charge in [0.2, 0.25) is 5.91 Å². The molecule has 0 bridgehead atoms. The number of amides is 1. The zero-order valence-electron chi connectivity index (χ0n) is 15.2. The highest BCUT2D eigenvalue weighted by Crippen LogP contribution is 2.42.